The van der Waals surface area contributed by atoms with E-state index in [9.17, 15) is 24.5 Å². The third-order valence-corrected chi connectivity index (χ3v) is 13.1. The molecular weight excluding hydrogens is 677 g/mol. The molecule has 1 aromatic heterocycles. The predicted molar refractivity (Wildman–Crippen MR) is 192 cm³/mol. The maximum Gasteiger partial charge on any atom is 0.356 e. The van der Waals surface area contributed by atoms with Crippen molar-refractivity contribution in [2.45, 2.75) is 25.0 Å². The molecular formula is C36H32N5O7PS. The zero-order valence-corrected chi connectivity index (χ0v) is 28.8. The van der Waals surface area contributed by atoms with Gasteiger partial charge in [-0.05, 0) is 33.6 Å². The van der Waals surface area contributed by atoms with Crippen molar-refractivity contribution in [1.82, 2.24) is 19.9 Å². The van der Waals surface area contributed by atoms with Crippen molar-refractivity contribution in [1.29, 1.82) is 0 Å². The van der Waals surface area contributed by atoms with E-state index in [0.717, 1.165) is 15.9 Å². The molecule has 254 valence electrons. The number of aromatic nitrogens is 3. The molecule has 1 saturated heterocycles. The van der Waals surface area contributed by atoms with Gasteiger partial charge >= 0.3 is 11.9 Å². The lowest BCUT2D eigenvalue weighted by molar-refractivity contribution is -0.384. The molecule has 0 aliphatic carbocycles. The van der Waals surface area contributed by atoms with E-state index in [1.807, 2.05) is 91.0 Å². The summed E-state index contributed by atoms with van der Waals surface area (Å²) < 4.78 is 13.1. The van der Waals surface area contributed by atoms with E-state index in [0.29, 0.717) is 5.56 Å². The van der Waals surface area contributed by atoms with Gasteiger partial charge in [-0.25, -0.2) is 4.79 Å². The molecule has 3 unspecified atom stereocenters. The van der Waals surface area contributed by atoms with Gasteiger partial charge in [-0.15, -0.1) is 5.10 Å². The molecule has 1 aliphatic heterocycles. The molecule has 1 aliphatic rings. The summed E-state index contributed by atoms with van der Waals surface area (Å²) in [5.74, 6) is -2.93. The number of aryl methyl sites for hydroxylation is 1. The van der Waals surface area contributed by atoms with Gasteiger partial charge in [0.2, 0.25) is 5.91 Å². The van der Waals surface area contributed by atoms with Gasteiger partial charge in [-0.1, -0.05) is 96.2 Å². The Morgan fingerprint density at radius 3 is 1.84 bits per heavy atom. The van der Waals surface area contributed by atoms with Gasteiger partial charge in [-0.2, -0.15) is 12.6 Å². The normalized spacial score (nSPS) is 16.2. The molecule has 1 amide bonds. The number of hydrogen-bond acceptors (Lipinski definition) is 10. The molecule has 3 atom stereocenters. The topological polar surface area (TPSA) is 147 Å². The molecule has 0 bridgehead atoms. The van der Waals surface area contributed by atoms with Crippen LogP contribution in [0.3, 0.4) is 0 Å². The summed E-state index contributed by atoms with van der Waals surface area (Å²) in [6.07, 6.45) is 0.435. The van der Waals surface area contributed by atoms with Gasteiger partial charge in [0.25, 0.3) is 5.69 Å². The number of nitro groups is 1. The lowest BCUT2D eigenvalue weighted by Gasteiger charge is -2.49. The highest BCUT2D eigenvalue weighted by Crippen LogP contribution is 2.51. The first kappa shape index (κ1) is 34.3. The van der Waals surface area contributed by atoms with Crippen LogP contribution < -0.4 is 15.9 Å². The molecule has 14 heteroatoms. The molecule has 2 heterocycles. The fourth-order valence-corrected chi connectivity index (χ4v) is 11.1. The molecule has 4 aromatic carbocycles. The standard InChI is InChI=1S/C36H32N5O7PS/c1-24(42)48-32(30-22-39(2)38-37-30)31-33(43)40(35(31)50)34(36(44)47-23-25-18-20-26(21-19-25)41(45)46)49(27-12-6-3-7-13-27,28-14-8-4-9-15-28)29-16-10-5-11-17-29/h3-22,31-32,35,50H,23H2,1-2H3. The Morgan fingerprint density at radius 2 is 1.42 bits per heavy atom. The number of ether oxygens (including phenoxy) is 2. The third-order valence-electron chi connectivity index (χ3n) is 8.32. The van der Waals surface area contributed by atoms with Crippen LogP contribution in [0.5, 0.6) is 0 Å². The number of carbonyl (C=O) groups is 3. The highest BCUT2D eigenvalue weighted by Gasteiger charge is 2.57. The zero-order chi connectivity index (χ0) is 35.4. The van der Waals surface area contributed by atoms with E-state index in [2.05, 4.69) is 10.3 Å². The molecule has 6 rings (SSSR count). The number of nitro benzene ring substituents is 1. The smallest absolute Gasteiger partial charge is 0.356 e. The number of rotatable bonds is 11. The summed E-state index contributed by atoms with van der Waals surface area (Å²) in [4.78, 5) is 53.8. The van der Waals surface area contributed by atoms with E-state index in [1.54, 1.807) is 13.2 Å². The SMILES string of the molecule is CC(=O)OC(c1cn(C)nn1)C1C(=O)N(C(C(=O)OCc2ccc([N+](=O)[O-])cc2)=P(c2ccccc2)(c2ccccc2)c2ccccc2)C1S. The van der Waals surface area contributed by atoms with Crippen LogP contribution >= 0.6 is 19.5 Å². The summed E-state index contributed by atoms with van der Waals surface area (Å²) in [7, 11) is 1.65. The minimum atomic E-state index is -3.24. The Morgan fingerprint density at radius 1 is 0.900 bits per heavy atom. The average molecular weight is 710 g/mol. The lowest BCUT2D eigenvalue weighted by Crippen LogP contribution is -2.65. The summed E-state index contributed by atoms with van der Waals surface area (Å²) in [5, 5.41) is 20.7. The molecule has 50 heavy (non-hydrogen) atoms. The van der Waals surface area contributed by atoms with Gasteiger partial charge in [0.15, 0.2) is 6.10 Å². The number of likely N-dealkylation sites (tertiary alicyclic amines) is 1. The van der Waals surface area contributed by atoms with Crippen LogP contribution in [0.4, 0.5) is 5.69 Å². The summed E-state index contributed by atoms with van der Waals surface area (Å²) >= 11 is 4.91. The number of non-ortho nitro benzene ring substituents is 1. The Bertz CT molecular complexity index is 1990. The fourth-order valence-electron chi connectivity index (χ4n) is 6.10. The van der Waals surface area contributed by atoms with Gasteiger partial charge in [0, 0.05) is 33.0 Å². The lowest BCUT2D eigenvalue weighted by atomic mass is 9.90. The van der Waals surface area contributed by atoms with Crippen LogP contribution in [-0.2, 0) is 37.5 Å². The molecule has 0 radical (unpaired) electrons. The Kier molecular flexibility index (Phi) is 9.98. The van der Waals surface area contributed by atoms with E-state index >= 15 is 0 Å². The van der Waals surface area contributed by atoms with Crippen molar-refractivity contribution in [2.24, 2.45) is 13.0 Å². The number of β-lactam (4-membered cyclic amide) rings is 1. The largest absolute Gasteiger partial charge is 0.456 e. The quantitative estimate of drug-likeness (QED) is 0.0539. The van der Waals surface area contributed by atoms with Crippen molar-refractivity contribution in [3.63, 3.8) is 0 Å². The molecule has 1 fully saturated rings. The number of hydrogen-bond donors (Lipinski definition) is 1. The van der Waals surface area contributed by atoms with Crippen LogP contribution in [0.15, 0.2) is 121 Å². The molecule has 0 N–H and O–H groups in total. The molecule has 0 saturated carbocycles. The maximum atomic E-state index is 14.8. The van der Waals surface area contributed by atoms with Crippen LogP contribution in [0, 0.1) is 16.0 Å². The monoisotopic (exact) mass is 709 g/mol. The van der Waals surface area contributed by atoms with Crippen molar-refractivity contribution in [2.75, 3.05) is 0 Å². The van der Waals surface area contributed by atoms with E-state index in [-0.39, 0.29) is 23.4 Å². The highest BCUT2D eigenvalue weighted by atomic mass is 32.1. The minimum absolute atomic E-state index is 0.0741. The zero-order valence-electron chi connectivity index (χ0n) is 27.0. The van der Waals surface area contributed by atoms with Crippen LogP contribution in [0.2, 0.25) is 0 Å². The van der Waals surface area contributed by atoms with Crippen LogP contribution in [0.1, 0.15) is 24.3 Å². The van der Waals surface area contributed by atoms with Gasteiger partial charge in [0.05, 0.1) is 16.5 Å². The molecule has 12 nitrogen and oxygen atoms in total. The number of carbonyl (C=O) groups excluding carboxylic acids is 3. The number of nitrogens with zero attached hydrogens (tertiary/aromatic N) is 5. The number of benzene rings is 4. The van der Waals surface area contributed by atoms with E-state index in [1.165, 1.54) is 40.8 Å². The van der Waals surface area contributed by atoms with Crippen LogP contribution in [0.25, 0.3) is 0 Å². The van der Waals surface area contributed by atoms with Crippen molar-refractivity contribution in [3.05, 3.63) is 143 Å². The Balaban J connectivity index is 1.58. The average Bonchev–Trinajstić information content (AvgIpc) is 3.57. The van der Waals surface area contributed by atoms with E-state index in [4.69, 9.17) is 22.1 Å². The predicted octanol–water partition coefficient (Wildman–Crippen LogP) is 3.91. The maximum absolute atomic E-state index is 14.8. The van der Waals surface area contributed by atoms with Crippen molar-refractivity contribution < 1.29 is 28.8 Å². The highest BCUT2D eigenvalue weighted by molar-refractivity contribution is 7.96. The number of amides is 1. The fraction of sp³-hybridized carbons (Fsp3) is 0.167. The summed E-state index contributed by atoms with van der Waals surface area (Å²) in [6.45, 7) is -2.23. The van der Waals surface area contributed by atoms with Gasteiger partial charge < -0.3 is 9.47 Å². The second kappa shape index (κ2) is 14.5. The first-order chi connectivity index (χ1) is 24.1. The van der Waals surface area contributed by atoms with E-state index < -0.39 is 47.1 Å². The second-order valence-electron chi connectivity index (χ2n) is 11.5. The van der Waals surface area contributed by atoms with Crippen molar-refractivity contribution >= 4 is 64.4 Å². The molecule has 5 aromatic rings. The third kappa shape index (κ3) is 6.45. The second-order valence-corrected chi connectivity index (χ2v) is 15.3. The van der Waals surface area contributed by atoms with Gasteiger partial charge in [0.1, 0.15) is 23.6 Å². The first-order valence-electron chi connectivity index (χ1n) is 15.5. The summed E-state index contributed by atoms with van der Waals surface area (Å²) in [6, 6.07) is 34.1. The number of thiol groups is 1. The van der Waals surface area contributed by atoms with Crippen molar-refractivity contribution in [3.8, 4) is 0 Å². The Labute approximate surface area is 293 Å². The summed E-state index contributed by atoms with van der Waals surface area (Å²) in [5.41, 5.74) is 0.747. The first-order valence-corrected chi connectivity index (χ1v) is 17.8. The Hall–Kier alpha value is -5.52. The minimum Gasteiger partial charge on any atom is -0.456 e. The number of esters is 2. The molecule has 0 spiro atoms. The van der Waals surface area contributed by atoms with Gasteiger partial charge in [-0.3, -0.25) is 29.3 Å². The van der Waals surface area contributed by atoms with Crippen LogP contribution in [-0.4, -0.2) is 53.5 Å².